The highest BCUT2D eigenvalue weighted by Gasteiger charge is 2.33. The first-order valence-corrected chi connectivity index (χ1v) is 5.89. The molecule has 15 heavy (non-hydrogen) atoms. The van der Waals surface area contributed by atoms with Crippen LogP contribution in [0.25, 0.3) is 0 Å². The topological polar surface area (TPSA) is 26.0 Å². The van der Waals surface area contributed by atoms with E-state index in [2.05, 4.69) is 44.2 Å². The predicted octanol–water partition coefficient (Wildman–Crippen LogP) is 3.31. The molecule has 0 unspecified atom stereocenters. The van der Waals surface area contributed by atoms with E-state index in [0.29, 0.717) is 17.4 Å². The van der Waals surface area contributed by atoms with Gasteiger partial charge >= 0.3 is 0 Å². The lowest BCUT2D eigenvalue weighted by Crippen LogP contribution is -2.37. The van der Waals surface area contributed by atoms with Crippen LogP contribution in [0.15, 0.2) is 30.3 Å². The fourth-order valence-electron chi connectivity index (χ4n) is 2.67. The minimum absolute atomic E-state index is 0.348. The first-order chi connectivity index (χ1) is 7.08. The van der Waals surface area contributed by atoms with Crippen LogP contribution < -0.4 is 5.73 Å². The van der Waals surface area contributed by atoms with Gasteiger partial charge in [0.05, 0.1) is 0 Å². The molecule has 82 valence electrons. The van der Waals surface area contributed by atoms with Gasteiger partial charge in [-0.2, -0.15) is 0 Å². The molecule has 1 aromatic rings. The molecule has 0 heterocycles. The fraction of sp³-hybridized carbons (Fsp3) is 0.571. The summed E-state index contributed by atoms with van der Waals surface area (Å²) in [6.07, 6.45) is 3.64. The van der Waals surface area contributed by atoms with Gasteiger partial charge in [0.15, 0.2) is 0 Å². The van der Waals surface area contributed by atoms with Gasteiger partial charge in [-0.25, -0.2) is 0 Å². The quantitative estimate of drug-likeness (QED) is 0.744. The number of hydrogen-bond acceptors (Lipinski definition) is 1. The number of benzene rings is 1. The van der Waals surface area contributed by atoms with E-state index < -0.39 is 0 Å². The Balaban J connectivity index is 2.20. The molecule has 0 spiro atoms. The van der Waals surface area contributed by atoms with Crippen molar-refractivity contribution in [2.24, 2.45) is 11.1 Å². The monoisotopic (exact) mass is 203 g/mol. The summed E-state index contributed by atoms with van der Waals surface area (Å²) in [6, 6.07) is 11.1. The van der Waals surface area contributed by atoms with Crippen molar-refractivity contribution in [1.82, 2.24) is 0 Å². The van der Waals surface area contributed by atoms with Crippen molar-refractivity contribution in [3.05, 3.63) is 35.9 Å². The maximum Gasteiger partial charge on any atom is 0.0108 e. The van der Waals surface area contributed by atoms with Gasteiger partial charge < -0.3 is 5.73 Å². The molecule has 2 N–H and O–H groups in total. The Morgan fingerprint density at radius 2 is 1.87 bits per heavy atom. The second kappa shape index (κ2) is 3.97. The molecule has 0 amide bonds. The van der Waals surface area contributed by atoms with Crippen LogP contribution in [-0.4, -0.2) is 6.04 Å². The molecule has 0 aliphatic heterocycles. The Morgan fingerprint density at radius 3 is 2.53 bits per heavy atom. The molecule has 1 fully saturated rings. The molecular weight excluding hydrogens is 182 g/mol. The van der Waals surface area contributed by atoms with E-state index in [1.807, 2.05) is 0 Å². The van der Waals surface area contributed by atoms with Gasteiger partial charge in [0.25, 0.3) is 0 Å². The first-order valence-electron chi connectivity index (χ1n) is 5.89. The Kier molecular flexibility index (Phi) is 2.83. The molecule has 1 nitrogen and oxygen atoms in total. The van der Waals surface area contributed by atoms with Crippen LogP contribution in [0.4, 0.5) is 0 Å². The van der Waals surface area contributed by atoms with Crippen molar-refractivity contribution >= 4 is 0 Å². The lowest BCUT2D eigenvalue weighted by atomic mass is 9.68. The largest absolute Gasteiger partial charge is 0.327 e. The van der Waals surface area contributed by atoms with Crippen LogP contribution >= 0.6 is 0 Å². The molecule has 0 bridgehead atoms. The molecule has 1 saturated carbocycles. The average Bonchev–Trinajstić information content (AvgIpc) is 2.23. The Hall–Kier alpha value is -0.820. The van der Waals surface area contributed by atoms with E-state index in [-0.39, 0.29) is 0 Å². The number of nitrogens with two attached hydrogens (primary N) is 1. The van der Waals surface area contributed by atoms with Crippen molar-refractivity contribution in [3.63, 3.8) is 0 Å². The van der Waals surface area contributed by atoms with Gasteiger partial charge in [-0.1, -0.05) is 44.2 Å². The number of rotatable bonds is 1. The maximum atomic E-state index is 6.23. The van der Waals surface area contributed by atoms with Crippen LogP contribution in [0, 0.1) is 5.41 Å². The van der Waals surface area contributed by atoms with Crippen LogP contribution in [0.2, 0.25) is 0 Å². The summed E-state index contributed by atoms with van der Waals surface area (Å²) in [5, 5.41) is 0. The summed E-state index contributed by atoms with van der Waals surface area (Å²) < 4.78 is 0. The van der Waals surface area contributed by atoms with Crippen molar-refractivity contribution in [1.29, 1.82) is 0 Å². The van der Waals surface area contributed by atoms with Gasteiger partial charge in [-0.3, -0.25) is 0 Å². The third kappa shape index (κ3) is 2.40. The van der Waals surface area contributed by atoms with Crippen molar-refractivity contribution in [2.75, 3.05) is 0 Å². The second-order valence-corrected chi connectivity index (χ2v) is 5.59. The zero-order valence-electron chi connectivity index (χ0n) is 9.74. The van der Waals surface area contributed by atoms with E-state index in [1.165, 1.54) is 18.4 Å². The first kappa shape index (κ1) is 10.7. The van der Waals surface area contributed by atoms with Crippen LogP contribution in [0.5, 0.6) is 0 Å². The smallest absolute Gasteiger partial charge is 0.0108 e. The summed E-state index contributed by atoms with van der Waals surface area (Å²) in [6.45, 7) is 4.71. The third-order valence-electron chi connectivity index (χ3n) is 3.67. The molecule has 2 atom stereocenters. The molecule has 0 saturated heterocycles. The zero-order valence-corrected chi connectivity index (χ0v) is 9.74. The minimum Gasteiger partial charge on any atom is -0.327 e. The Bertz CT molecular complexity index is 315. The average molecular weight is 203 g/mol. The van der Waals surface area contributed by atoms with Crippen LogP contribution in [0.3, 0.4) is 0 Å². The normalized spacial score (nSPS) is 30.1. The van der Waals surface area contributed by atoms with E-state index in [0.717, 1.165) is 6.42 Å². The molecule has 1 aliphatic rings. The lowest BCUT2D eigenvalue weighted by molar-refractivity contribution is 0.198. The molecular formula is C14H21N. The van der Waals surface area contributed by atoms with E-state index in [9.17, 15) is 0 Å². The number of hydrogen-bond donors (Lipinski definition) is 1. The highest BCUT2D eigenvalue weighted by atomic mass is 14.7. The molecule has 1 aliphatic carbocycles. The Labute approximate surface area is 92.7 Å². The summed E-state index contributed by atoms with van der Waals surface area (Å²) in [5.74, 6) is 0.551. The maximum absolute atomic E-state index is 6.23. The summed E-state index contributed by atoms with van der Waals surface area (Å²) in [5.41, 5.74) is 8.10. The zero-order chi connectivity index (χ0) is 10.9. The van der Waals surface area contributed by atoms with Crippen molar-refractivity contribution < 1.29 is 0 Å². The molecule has 0 aromatic heterocycles. The second-order valence-electron chi connectivity index (χ2n) is 5.59. The van der Waals surface area contributed by atoms with E-state index in [4.69, 9.17) is 5.73 Å². The van der Waals surface area contributed by atoms with Gasteiger partial charge in [0, 0.05) is 6.04 Å². The molecule has 1 heteroatoms. The van der Waals surface area contributed by atoms with Gasteiger partial charge in [-0.15, -0.1) is 0 Å². The standard InChI is InChI=1S/C14H21N/c1-14(2)9-8-13(15)12(10-14)11-6-4-3-5-7-11/h3-7,12-13H,8-10,15H2,1-2H3/t12-,13+/m1/s1. The van der Waals surface area contributed by atoms with E-state index >= 15 is 0 Å². The van der Waals surface area contributed by atoms with E-state index in [1.54, 1.807) is 0 Å². The summed E-state index contributed by atoms with van der Waals surface area (Å²) in [7, 11) is 0. The van der Waals surface area contributed by atoms with Gasteiger partial charge in [0.2, 0.25) is 0 Å². The summed E-state index contributed by atoms with van der Waals surface area (Å²) in [4.78, 5) is 0. The van der Waals surface area contributed by atoms with Crippen LogP contribution in [-0.2, 0) is 0 Å². The Morgan fingerprint density at radius 1 is 1.20 bits per heavy atom. The van der Waals surface area contributed by atoms with Crippen LogP contribution in [0.1, 0.15) is 44.6 Å². The predicted molar refractivity (Wildman–Crippen MR) is 64.8 cm³/mol. The molecule has 2 rings (SSSR count). The van der Waals surface area contributed by atoms with Gasteiger partial charge in [-0.05, 0) is 36.2 Å². The van der Waals surface area contributed by atoms with Gasteiger partial charge in [0.1, 0.15) is 0 Å². The highest BCUT2D eigenvalue weighted by Crippen LogP contribution is 2.42. The molecule has 0 radical (unpaired) electrons. The summed E-state index contributed by atoms with van der Waals surface area (Å²) >= 11 is 0. The van der Waals surface area contributed by atoms with Crippen molar-refractivity contribution in [3.8, 4) is 0 Å². The minimum atomic E-state index is 0.348. The SMILES string of the molecule is CC1(C)CC[C@H](N)[C@@H](c2ccccc2)C1. The third-order valence-corrected chi connectivity index (χ3v) is 3.67. The van der Waals surface area contributed by atoms with Crippen molar-refractivity contribution in [2.45, 2.75) is 45.1 Å². The molecule has 1 aromatic carbocycles. The fourth-order valence-corrected chi connectivity index (χ4v) is 2.67. The lowest BCUT2D eigenvalue weighted by Gasteiger charge is -2.39. The highest BCUT2D eigenvalue weighted by molar-refractivity contribution is 5.22.